The summed E-state index contributed by atoms with van der Waals surface area (Å²) in [7, 11) is 0. The second kappa shape index (κ2) is 50.1. The molecule has 0 atom stereocenters. The van der Waals surface area contributed by atoms with Gasteiger partial charge in [0, 0.05) is 6.61 Å². The van der Waals surface area contributed by atoms with Crippen LogP contribution in [0.4, 0.5) is 0 Å². The van der Waals surface area contributed by atoms with E-state index in [4.69, 9.17) is 58.5 Å². The van der Waals surface area contributed by atoms with Gasteiger partial charge in [0.05, 0.1) is 132 Å². The summed E-state index contributed by atoms with van der Waals surface area (Å²) < 4.78 is 60.2. The molecule has 0 rings (SSSR count). The van der Waals surface area contributed by atoms with Crippen molar-refractivity contribution in [1.29, 1.82) is 0 Å². The standard InChI is InChI=1S/C41H80O11/c1-3-5-6-7-8-9-10-11-12-13-14-15-16-17-18-19-21-43-23-25-45-27-29-47-31-33-49-35-37-51-39-41-52-40-38-50-36-34-48-32-30-46-28-26-44-24-22-42-20-4-2/h2H,3,5-41H2,1H3. The van der Waals surface area contributed by atoms with Crippen LogP contribution in [-0.4, -0.2) is 145 Å². The molecule has 0 unspecified atom stereocenters. The number of terminal acetylenes is 1. The van der Waals surface area contributed by atoms with E-state index in [1.807, 2.05) is 0 Å². The molecule has 0 bridgehead atoms. The maximum absolute atomic E-state index is 5.69. The fourth-order valence-corrected chi connectivity index (χ4v) is 5.08. The van der Waals surface area contributed by atoms with Gasteiger partial charge in [-0.05, 0) is 6.42 Å². The predicted molar refractivity (Wildman–Crippen MR) is 207 cm³/mol. The van der Waals surface area contributed by atoms with Crippen molar-refractivity contribution in [3.05, 3.63) is 0 Å². The summed E-state index contributed by atoms with van der Waals surface area (Å²) in [6.45, 7) is 14.2. The zero-order valence-electron chi connectivity index (χ0n) is 33.4. The highest BCUT2D eigenvalue weighted by molar-refractivity contribution is 4.82. The van der Waals surface area contributed by atoms with E-state index < -0.39 is 0 Å². The SMILES string of the molecule is C#CCOCCOCCOCCOCCOCCOCCOCCOCCOCCOCCOCCCCCCCCCCCCCCCCCC. The largest absolute Gasteiger partial charge is 0.379 e. The highest BCUT2D eigenvalue weighted by Gasteiger charge is 1.98. The van der Waals surface area contributed by atoms with Gasteiger partial charge in [-0.25, -0.2) is 0 Å². The van der Waals surface area contributed by atoms with Crippen molar-refractivity contribution in [3.8, 4) is 12.3 Å². The van der Waals surface area contributed by atoms with Gasteiger partial charge in [-0.1, -0.05) is 109 Å². The van der Waals surface area contributed by atoms with Gasteiger partial charge in [0.1, 0.15) is 6.61 Å². The molecule has 0 aliphatic carbocycles. The minimum absolute atomic E-state index is 0.311. The van der Waals surface area contributed by atoms with Crippen LogP contribution in [0.2, 0.25) is 0 Å². The van der Waals surface area contributed by atoms with E-state index in [0.29, 0.717) is 139 Å². The summed E-state index contributed by atoms with van der Waals surface area (Å²) in [6, 6.07) is 0. The number of ether oxygens (including phenoxy) is 11. The second-order valence-corrected chi connectivity index (χ2v) is 12.7. The van der Waals surface area contributed by atoms with Gasteiger partial charge in [-0.3, -0.25) is 0 Å². The predicted octanol–water partition coefficient (Wildman–Crippen LogP) is 7.06. The summed E-state index contributed by atoms with van der Waals surface area (Å²) in [5.74, 6) is 2.40. The van der Waals surface area contributed by atoms with Crippen molar-refractivity contribution in [2.75, 3.05) is 145 Å². The molecule has 0 heterocycles. The van der Waals surface area contributed by atoms with Gasteiger partial charge in [-0.15, -0.1) is 6.42 Å². The van der Waals surface area contributed by atoms with Crippen molar-refractivity contribution >= 4 is 0 Å². The third kappa shape index (κ3) is 49.1. The maximum atomic E-state index is 5.69. The molecule has 11 heteroatoms. The molecule has 0 N–H and O–H groups in total. The zero-order chi connectivity index (χ0) is 37.4. The van der Waals surface area contributed by atoms with Crippen LogP contribution in [0.3, 0.4) is 0 Å². The summed E-state index contributed by atoms with van der Waals surface area (Å²) in [5, 5.41) is 0. The Morgan fingerprint density at radius 1 is 0.250 bits per heavy atom. The van der Waals surface area contributed by atoms with Crippen molar-refractivity contribution in [3.63, 3.8) is 0 Å². The fraction of sp³-hybridized carbons (Fsp3) is 0.951. The van der Waals surface area contributed by atoms with Crippen molar-refractivity contribution in [1.82, 2.24) is 0 Å². The molecule has 52 heavy (non-hydrogen) atoms. The molecule has 0 aliphatic rings. The molecular weight excluding hydrogens is 668 g/mol. The molecule has 0 aliphatic heterocycles. The zero-order valence-corrected chi connectivity index (χ0v) is 33.4. The molecule has 0 aromatic heterocycles. The molecule has 0 saturated heterocycles. The van der Waals surface area contributed by atoms with E-state index in [1.165, 1.54) is 96.3 Å². The normalized spacial score (nSPS) is 11.5. The first-order valence-electron chi connectivity index (χ1n) is 20.7. The Labute approximate surface area is 319 Å². The molecule has 310 valence electrons. The van der Waals surface area contributed by atoms with Gasteiger partial charge in [0.15, 0.2) is 0 Å². The van der Waals surface area contributed by atoms with Crippen LogP contribution in [0.15, 0.2) is 0 Å². The molecule has 0 spiro atoms. The van der Waals surface area contributed by atoms with Crippen LogP contribution >= 0.6 is 0 Å². The monoisotopic (exact) mass is 749 g/mol. The second-order valence-electron chi connectivity index (χ2n) is 12.7. The van der Waals surface area contributed by atoms with Gasteiger partial charge < -0.3 is 52.1 Å². The van der Waals surface area contributed by atoms with E-state index in [9.17, 15) is 0 Å². The van der Waals surface area contributed by atoms with E-state index in [2.05, 4.69) is 12.8 Å². The Kier molecular flexibility index (Phi) is 49.3. The number of hydrogen-bond acceptors (Lipinski definition) is 11. The topological polar surface area (TPSA) is 102 Å². The number of hydrogen-bond donors (Lipinski definition) is 0. The average Bonchev–Trinajstić information content (AvgIpc) is 3.16. The van der Waals surface area contributed by atoms with Gasteiger partial charge in [0.2, 0.25) is 0 Å². The minimum Gasteiger partial charge on any atom is -0.379 e. The molecule has 11 nitrogen and oxygen atoms in total. The summed E-state index contributed by atoms with van der Waals surface area (Å²) in [6.07, 6.45) is 27.3. The minimum atomic E-state index is 0.311. The smallest absolute Gasteiger partial charge is 0.107 e. The summed E-state index contributed by atoms with van der Waals surface area (Å²) in [4.78, 5) is 0. The van der Waals surface area contributed by atoms with Crippen LogP contribution in [0, 0.1) is 12.3 Å². The van der Waals surface area contributed by atoms with Gasteiger partial charge >= 0.3 is 0 Å². The molecule has 0 saturated carbocycles. The number of rotatable bonds is 48. The first-order valence-corrected chi connectivity index (χ1v) is 20.7. The fourth-order valence-electron chi connectivity index (χ4n) is 5.08. The van der Waals surface area contributed by atoms with Crippen molar-refractivity contribution in [2.45, 2.75) is 110 Å². The molecule has 0 fully saturated rings. The van der Waals surface area contributed by atoms with Crippen LogP contribution in [0.5, 0.6) is 0 Å². The third-order valence-corrected chi connectivity index (χ3v) is 8.05. The van der Waals surface area contributed by atoms with E-state index >= 15 is 0 Å². The van der Waals surface area contributed by atoms with Crippen LogP contribution < -0.4 is 0 Å². The molecule has 0 radical (unpaired) electrons. The van der Waals surface area contributed by atoms with Crippen LogP contribution in [0.1, 0.15) is 110 Å². The van der Waals surface area contributed by atoms with Gasteiger partial charge in [-0.2, -0.15) is 0 Å². The van der Waals surface area contributed by atoms with E-state index in [-0.39, 0.29) is 0 Å². The lowest BCUT2D eigenvalue weighted by Crippen LogP contribution is -2.15. The maximum Gasteiger partial charge on any atom is 0.107 e. The van der Waals surface area contributed by atoms with Crippen LogP contribution in [-0.2, 0) is 52.1 Å². The van der Waals surface area contributed by atoms with Crippen molar-refractivity contribution < 1.29 is 52.1 Å². The average molecular weight is 749 g/mol. The third-order valence-electron chi connectivity index (χ3n) is 8.05. The highest BCUT2D eigenvalue weighted by atomic mass is 16.6. The molecule has 0 aromatic rings. The Morgan fingerprint density at radius 3 is 0.673 bits per heavy atom. The number of unbranched alkanes of at least 4 members (excludes halogenated alkanes) is 15. The Morgan fingerprint density at radius 2 is 0.442 bits per heavy atom. The first kappa shape index (κ1) is 51.1. The quantitative estimate of drug-likeness (QED) is 0.0472. The van der Waals surface area contributed by atoms with Crippen molar-refractivity contribution in [2.24, 2.45) is 0 Å². The first-order chi connectivity index (χ1) is 25.9. The lowest BCUT2D eigenvalue weighted by atomic mass is 10.0. The Bertz CT molecular complexity index is 665. The highest BCUT2D eigenvalue weighted by Crippen LogP contribution is 2.13. The molecule has 0 aromatic carbocycles. The Balaban J connectivity index is 3.05. The summed E-state index contributed by atoms with van der Waals surface area (Å²) in [5.41, 5.74) is 0. The lowest BCUT2D eigenvalue weighted by molar-refractivity contribution is -0.0272. The molecular formula is C41H80O11. The van der Waals surface area contributed by atoms with E-state index in [1.54, 1.807) is 0 Å². The van der Waals surface area contributed by atoms with Gasteiger partial charge in [0.25, 0.3) is 0 Å². The van der Waals surface area contributed by atoms with E-state index in [0.717, 1.165) is 13.0 Å². The molecule has 0 amide bonds. The van der Waals surface area contributed by atoms with Crippen LogP contribution in [0.25, 0.3) is 0 Å². The summed E-state index contributed by atoms with van der Waals surface area (Å²) >= 11 is 0. The lowest BCUT2D eigenvalue weighted by Gasteiger charge is -2.09. The Hall–Kier alpha value is -0.880.